The quantitative estimate of drug-likeness (QED) is 0.446. The van der Waals surface area contributed by atoms with E-state index in [2.05, 4.69) is 6.92 Å². The minimum Gasteiger partial charge on any atom is -0.396 e. The third-order valence-corrected chi connectivity index (χ3v) is 11.1. The molecule has 10 heteroatoms. The zero-order chi connectivity index (χ0) is 29.0. The van der Waals surface area contributed by atoms with E-state index < -0.39 is 21.4 Å². The molecule has 1 aromatic heterocycles. The van der Waals surface area contributed by atoms with Crippen molar-refractivity contribution in [1.82, 2.24) is 13.5 Å². The van der Waals surface area contributed by atoms with Gasteiger partial charge in [0.25, 0.3) is 0 Å². The Bertz CT molecular complexity index is 1550. The highest BCUT2D eigenvalue weighted by atomic mass is 32.2. The second-order valence-electron chi connectivity index (χ2n) is 11.8. The number of aryl methyl sites for hydroxylation is 1. The molecule has 0 radical (unpaired) electrons. The van der Waals surface area contributed by atoms with Crippen LogP contribution in [0.15, 0.2) is 48.5 Å². The number of benzene rings is 2. The summed E-state index contributed by atoms with van der Waals surface area (Å²) in [6.07, 6.45) is 3.86. The van der Waals surface area contributed by atoms with E-state index in [1.807, 2.05) is 30.3 Å². The fourth-order valence-corrected chi connectivity index (χ4v) is 8.48. The van der Waals surface area contributed by atoms with Crippen LogP contribution >= 0.6 is 0 Å². The molecule has 1 saturated heterocycles. The molecule has 2 aromatic carbocycles. The van der Waals surface area contributed by atoms with Crippen LogP contribution in [0.3, 0.4) is 0 Å². The topological polar surface area (TPSA) is 93.9 Å². The molecule has 3 aliphatic rings. The molecule has 6 rings (SSSR count). The summed E-state index contributed by atoms with van der Waals surface area (Å²) >= 11 is 0. The number of ether oxygens (including phenoxy) is 2. The number of nitrogens with zero attached hydrogens (tertiary/aromatic N) is 3. The lowest BCUT2D eigenvalue weighted by Crippen LogP contribution is -2.56. The highest BCUT2D eigenvalue weighted by molar-refractivity contribution is 7.87. The predicted octanol–water partition coefficient (Wildman–Crippen LogP) is 4.29. The molecule has 0 bridgehead atoms. The van der Waals surface area contributed by atoms with Gasteiger partial charge in [0.2, 0.25) is 0 Å². The van der Waals surface area contributed by atoms with Crippen molar-refractivity contribution >= 4 is 10.2 Å². The molecule has 0 amide bonds. The Kier molecular flexibility index (Phi) is 7.35. The Hall–Kier alpha value is -2.63. The zero-order valence-electron chi connectivity index (χ0n) is 23.8. The van der Waals surface area contributed by atoms with Crippen molar-refractivity contribution in [2.75, 3.05) is 33.9 Å². The van der Waals surface area contributed by atoms with E-state index in [1.165, 1.54) is 28.6 Å². The van der Waals surface area contributed by atoms with Crippen LogP contribution in [0.1, 0.15) is 55.0 Å². The number of rotatable bonds is 7. The minimum atomic E-state index is -3.99. The number of aliphatic hydroxyl groups is 1. The molecule has 2 fully saturated rings. The zero-order valence-corrected chi connectivity index (χ0v) is 24.7. The fourth-order valence-electron chi connectivity index (χ4n) is 7.53. The lowest BCUT2D eigenvalue weighted by Gasteiger charge is -2.55. The number of fused-ring (bicyclic) bond motifs is 3. The van der Waals surface area contributed by atoms with Crippen molar-refractivity contribution in [2.45, 2.75) is 56.7 Å². The summed E-state index contributed by atoms with van der Waals surface area (Å²) in [6, 6.07) is 14.5. The highest BCUT2D eigenvalue weighted by Crippen LogP contribution is 2.60. The van der Waals surface area contributed by atoms with E-state index >= 15 is 0 Å². The van der Waals surface area contributed by atoms with Gasteiger partial charge in [0.05, 0.1) is 24.6 Å². The van der Waals surface area contributed by atoms with Gasteiger partial charge in [-0.05, 0) is 67.3 Å². The first-order valence-electron chi connectivity index (χ1n) is 14.4. The standard InChI is InChI=1S/C31H38FN3O5S/c1-21-27-13-12-26-28(23-9-4-7-22(19-23)8-6-16-36)35(41(37,38)34(2)3)33-29(26)30(27,24-10-5-11-25(32)20-24)14-15-31(21)39-17-18-40-31/h4-5,7,9-11,19-21,27,36H,6,8,12-18H2,1-3H3/t21-,27-,30+/m0/s1. The summed E-state index contributed by atoms with van der Waals surface area (Å²) in [5.74, 6) is -1.05. The van der Waals surface area contributed by atoms with Crippen molar-refractivity contribution in [1.29, 1.82) is 0 Å². The van der Waals surface area contributed by atoms with E-state index in [0.717, 1.165) is 28.7 Å². The van der Waals surface area contributed by atoms with Crippen molar-refractivity contribution in [3.8, 4) is 11.3 Å². The first-order chi connectivity index (χ1) is 19.6. The van der Waals surface area contributed by atoms with Crippen LogP contribution in [0.4, 0.5) is 4.39 Å². The molecule has 3 atom stereocenters. The lowest BCUT2D eigenvalue weighted by atomic mass is 9.52. The molecule has 8 nitrogen and oxygen atoms in total. The van der Waals surface area contributed by atoms with Crippen LogP contribution < -0.4 is 0 Å². The number of aliphatic hydroxyl groups excluding tert-OH is 1. The predicted molar refractivity (Wildman–Crippen MR) is 153 cm³/mol. The number of halogens is 1. The van der Waals surface area contributed by atoms with Gasteiger partial charge in [-0.15, -0.1) is 4.09 Å². The number of hydrogen-bond acceptors (Lipinski definition) is 6. The summed E-state index contributed by atoms with van der Waals surface area (Å²) in [5.41, 5.74) is 3.99. The minimum absolute atomic E-state index is 0.00204. The van der Waals surface area contributed by atoms with Gasteiger partial charge >= 0.3 is 10.2 Å². The Balaban J connectivity index is 1.61. The van der Waals surface area contributed by atoms with Crippen LogP contribution in [0.2, 0.25) is 0 Å². The maximum atomic E-state index is 14.8. The summed E-state index contributed by atoms with van der Waals surface area (Å²) in [5, 5.41) is 14.3. The summed E-state index contributed by atoms with van der Waals surface area (Å²) in [7, 11) is -0.987. The van der Waals surface area contributed by atoms with Crippen molar-refractivity contribution in [2.24, 2.45) is 11.8 Å². The van der Waals surface area contributed by atoms with Gasteiger partial charge in [0.15, 0.2) is 5.79 Å². The molecular formula is C31H38FN3O5S. The average molecular weight is 584 g/mol. The first kappa shape index (κ1) is 28.5. The smallest absolute Gasteiger partial charge is 0.323 e. The van der Waals surface area contributed by atoms with Crippen molar-refractivity contribution in [3.63, 3.8) is 0 Å². The van der Waals surface area contributed by atoms with E-state index in [-0.39, 0.29) is 24.3 Å². The van der Waals surface area contributed by atoms with Gasteiger partial charge in [-0.3, -0.25) is 0 Å². The monoisotopic (exact) mass is 583 g/mol. The maximum Gasteiger partial charge on any atom is 0.323 e. The first-order valence-corrected chi connectivity index (χ1v) is 15.8. The van der Waals surface area contributed by atoms with Crippen LogP contribution in [0.5, 0.6) is 0 Å². The fraction of sp³-hybridized carbons (Fsp3) is 0.516. The van der Waals surface area contributed by atoms with Gasteiger partial charge in [0, 0.05) is 49.6 Å². The van der Waals surface area contributed by atoms with Gasteiger partial charge in [0.1, 0.15) is 5.82 Å². The lowest BCUT2D eigenvalue weighted by molar-refractivity contribution is -0.232. The molecule has 1 spiro atoms. The highest BCUT2D eigenvalue weighted by Gasteiger charge is 2.61. The van der Waals surface area contributed by atoms with Crippen LogP contribution in [0, 0.1) is 17.7 Å². The third-order valence-electron chi connectivity index (χ3n) is 9.50. The second kappa shape index (κ2) is 10.6. The molecule has 1 aliphatic heterocycles. The SMILES string of the molecule is C[C@H]1[C@@H]2CCc3c(nn(S(=O)(=O)N(C)C)c3-c3cccc(CCCO)c3)[C@@]2(c2cccc(F)c2)CCC12OCCO2. The van der Waals surface area contributed by atoms with Crippen LogP contribution in [-0.2, 0) is 37.9 Å². The van der Waals surface area contributed by atoms with Crippen LogP contribution in [0.25, 0.3) is 11.3 Å². The van der Waals surface area contributed by atoms with E-state index in [9.17, 15) is 17.9 Å². The van der Waals surface area contributed by atoms with Gasteiger partial charge in [-0.1, -0.05) is 37.3 Å². The molecule has 0 unspecified atom stereocenters. The Labute approximate surface area is 241 Å². The molecular weight excluding hydrogens is 545 g/mol. The largest absolute Gasteiger partial charge is 0.396 e. The number of hydrogen-bond donors (Lipinski definition) is 1. The maximum absolute atomic E-state index is 14.8. The van der Waals surface area contributed by atoms with E-state index in [0.29, 0.717) is 56.7 Å². The van der Waals surface area contributed by atoms with Gasteiger partial charge < -0.3 is 14.6 Å². The van der Waals surface area contributed by atoms with Crippen LogP contribution in [-0.4, -0.2) is 66.7 Å². The Morgan fingerprint density at radius 2 is 1.88 bits per heavy atom. The summed E-state index contributed by atoms with van der Waals surface area (Å²) in [4.78, 5) is 0. The Morgan fingerprint density at radius 1 is 1.12 bits per heavy atom. The average Bonchev–Trinajstić information content (AvgIpc) is 3.60. The van der Waals surface area contributed by atoms with Crippen molar-refractivity contribution < 1.29 is 27.4 Å². The molecule has 1 saturated carbocycles. The molecule has 2 aliphatic carbocycles. The second-order valence-corrected chi connectivity index (χ2v) is 13.7. The van der Waals surface area contributed by atoms with E-state index in [1.54, 1.807) is 12.1 Å². The normalized spacial score (nSPS) is 25.4. The van der Waals surface area contributed by atoms with Gasteiger partial charge in [-0.2, -0.15) is 17.8 Å². The molecule has 41 heavy (non-hydrogen) atoms. The number of aromatic nitrogens is 2. The molecule has 1 N–H and O–H groups in total. The molecule has 2 heterocycles. The summed E-state index contributed by atoms with van der Waals surface area (Å²) < 4.78 is 57.3. The van der Waals surface area contributed by atoms with E-state index in [4.69, 9.17) is 14.6 Å². The van der Waals surface area contributed by atoms with Gasteiger partial charge in [-0.25, -0.2) is 4.39 Å². The summed E-state index contributed by atoms with van der Waals surface area (Å²) in [6.45, 7) is 3.31. The molecule has 220 valence electrons. The Morgan fingerprint density at radius 3 is 2.59 bits per heavy atom. The van der Waals surface area contributed by atoms with Crippen molar-refractivity contribution in [3.05, 3.63) is 76.7 Å². The third kappa shape index (κ3) is 4.46. The molecule has 3 aromatic rings.